The lowest BCUT2D eigenvalue weighted by Gasteiger charge is -2.06. The standard InChI is InChI=1S/C14H16N4S/c1-2-7-18-12-6-4-3-5-11(12)17-13(18)8-10-9-16-14(15)19-10/h3-6,9H,2,7-8H2,1H3,(H2,15,16). The maximum absolute atomic E-state index is 5.68. The Bertz CT molecular complexity index is 698. The second kappa shape index (κ2) is 5.01. The molecular formula is C14H16N4S. The van der Waals surface area contributed by atoms with Crippen LogP contribution >= 0.6 is 11.3 Å². The van der Waals surface area contributed by atoms with Gasteiger partial charge < -0.3 is 10.3 Å². The van der Waals surface area contributed by atoms with Crippen molar-refractivity contribution in [2.45, 2.75) is 26.3 Å². The number of hydrogen-bond acceptors (Lipinski definition) is 4. The smallest absolute Gasteiger partial charge is 0.180 e. The maximum Gasteiger partial charge on any atom is 0.180 e. The largest absolute Gasteiger partial charge is 0.375 e. The molecule has 2 heterocycles. The minimum absolute atomic E-state index is 0.619. The second-order valence-electron chi connectivity index (χ2n) is 4.51. The van der Waals surface area contributed by atoms with Crippen molar-refractivity contribution in [3.8, 4) is 0 Å². The average molecular weight is 272 g/mol. The molecule has 98 valence electrons. The number of anilines is 1. The Labute approximate surface area is 115 Å². The number of fused-ring (bicyclic) bond motifs is 1. The van der Waals surface area contributed by atoms with Gasteiger partial charge in [-0.05, 0) is 18.6 Å². The molecule has 19 heavy (non-hydrogen) atoms. The molecule has 3 aromatic rings. The summed E-state index contributed by atoms with van der Waals surface area (Å²) < 4.78 is 2.30. The number of rotatable bonds is 4. The van der Waals surface area contributed by atoms with Gasteiger partial charge >= 0.3 is 0 Å². The van der Waals surface area contributed by atoms with Crippen LogP contribution in [0.1, 0.15) is 24.0 Å². The number of thiazole rings is 1. The van der Waals surface area contributed by atoms with Gasteiger partial charge in [-0.15, -0.1) is 11.3 Å². The third-order valence-corrected chi connectivity index (χ3v) is 3.91. The summed E-state index contributed by atoms with van der Waals surface area (Å²) in [6.45, 7) is 3.17. The highest BCUT2D eigenvalue weighted by Gasteiger charge is 2.11. The average Bonchev–Trinajstić information content (AvgIpc) is 2.96. The van der Waals surface area contributed by atoms with E-state index in [-0.39, 0.29) is 0 Å². The van der Waals surface area contributed by atoms with E-state index < -0.39 is 0 Å². The molecule has 0 atom stereocenters. The molecule has 2 N–H and O–H groups in total. The van der Waals surface area contributed by atoms with Crippen LogP contribution in [0.3, 0.4) is 0 Å². The topological polar surface area (TPSA) is 56.7 Å². The number of imidazole rings is 1. The van der Waals surface area contributed by atoms with E-state index in [1.165, 1.54) is 16.9 Å². The SMILES string of the molecule is CCCn1c(Cc2cnc(N)s2)nc2ccccc21. The molecule has 5 heteroatoms. The Kier molecular flexibility index (Phi) is 3.21. The second-order valence-corrected chi connectivity index (χ2v) is 5.66. The number of nitrogens with zero attached hydrogens (tertiary/aromatic N) is 3. The molecule has 2 aromatic heterocycles. The third kappa shape index (κ3) is 2.33. The van der Waals surface area contributed by atoms with Gasteiger partial charge in [-0.25, -0.2) is 9.97 Å². The number of aryl methyl sites for hydroxylation is 1. The summed E-state index contributed by atoms with van der Waals surface area (Å²) in [6.07, 6.45) is 3.73. The van der Waals surface area contributed by atoms with Crippen LogP contribution < -0.4 is 5.73 Å². The molecule has 0 fully saturated rings. The lowest BCUT2D eigenvalue weighted by atomic mass is 10.3. The quantitative estimate of drug-likeness (QED) is 0.794. The van der Waals surface area contributed by atoms with Crippen LogP contribution in [0.5, 0.6) is 0 Å². The zero-order chi connectivity index (χ0) is 13.2. The molecule has 0 aliphatic rings. The van der Waals surface area contributed by atoms with Crippen molar-refractivity contribution in [3.05, 3.63) is 41.2 Å². The molecule has 0 bridgehead atoms. The first kappa shape index (κ1) is 12.2. The Morgan fingerprint density at radius 3 is 2.89 bits per heavy atom. The zero-order valence-corrected chi connectivity index (χ0v) is 11.7. The summed E-state index contributed by atoms with van der Waals surface area (Å²) in [5.74, 6) is 1.09. The van der Waals surface area contributed by atoms with Crippen molar-refractivity contribution in [3.63, 3.8) is 0 Å². The number of para-hydroxylation sites is 2. The first-order chi connectivity index (χ1) is 9.28. The van der Waals surface area contributed by atoms with E-state index in [4.69, 9.17) is 10.7 Å². The minimum atomic E-state index is 0.619. The van der Waals surface area contributed by atoms with Gasteiger partial charge in [-0.2, -0.15) is 0 Å². The van der Waals surface area contributed by atoms with Crippen molar-refractivity contribution in [2.75, 3.05) is 5.73 Å². The van der Waals surface area contributed by atoms with Gasteiger partial charge in [0.1, 0.15) is 5.82 Å². The zero-order valence-electron chi connectivity index (χ0n) is 10.8. The van der Waals surface area contributed by atoms with Crippen LogP contribution in [-0.2, 0) is 13.0 Å². The lowest BCUT2D eigenvalue weighted by Crippen LogP contribution is -2.03. The predicted octanol–water partition coefficient (Wildman–Crippen LogP) is 3.08. The lowest BCUT2D eigenvalue weighted by molar-refractivity contribution is 0.665. The van der Waals surface area contributed by atoms with Crippen LogP contribution in [-0.4, -0.2) is 14.5 Å². The van der Waals surface area contributed by atoms with Crippen LogP contribution in [0, 0.1) is 0 Å². The molecule has 4 nitrogen and oxygen atoms in total. The summed E-state index contributed by atoms with van der Waals surface area (Å²) in [5, 5.41) is 0.619. The fourth-order valence-electron chi connectivity index (χ4n) is 2.29. The van der Waals surface area contributed by atoms with Crippen LogP contribution in [0.2, 0.25) is 0 Å². The molecule has 0 saturated carbocycles. The van der Waals surface area contributed by atoms with E-state index >= 15 is 0 Å². The summed E-state index contributed by atoms with van der Waals surface area (Å²) in [6, 6.07) is 8.28. The molecule has 3 rings (SSSR count). The molecule has 1 aromatic carbocycles. The fraction of sp³-hybridized carbons (Fsp3) is 0.286. The van der Waals surface area contributed by atoms with Gasteiger partial charge in [0.25, 0.3) is 0 Å². The monoisotopic (exact) mass is 272 g/mol. The Hall–Kier alpha value is -1.88. The van der Waals surface area contributed by atoms with Gasteiger partial charge in [0, 0.05) is 24.0 Å². The first-order valence-corrected chi connectivity index (χ1v) is 7.24. The number of benzene rings is 1. The summed E-state index contributed by atoms with van der Waals surface area (Å²) in [4.78, 5) is 10.00. The van der Waals surface area contributed by atoms with E-state index in [1.54, 1.807) is 0 Å². The molecule has 0 saturated heterocycles. The van der Waals surface area contributed by atoms with E-state index in [0.29, 0.717) is 5.13 Å². The molecule has 0 radical (unpaired) electrons. The van der Waals surface area contributed by atoms with Crippen molar-refractivity contribution >= 4 is 27.5 Å². The molecular weight excluding hydrogens is 256 g/mol. The van der Waals surface area contributed by atoms with E-state index in [0.717, 1.165) is 35.6 Å². The summed E-state index contributed by atoms with van der Waals surface area (Å²) in [5.41, 5.74) is 7.95. The highest BCUT2D eigenvalue weighted by Crippen LogP contribution is 2.22. The summed E-state index contributed by atoms with van der Waals surface area (Å²) >= 11 is 1.53. The molecule has 0 unspecified atom stereocenters. The number of hydrogen-bond donors (Lipinski definition) is 1. The van der Waals surface area contributed by atoms with Crippen molar-refractivity contribution in [1.82, 2.24) is 14.5 Å². The number of aromatic nitrogens is 3. The predicted molar refractivity (Wildman–Crippen MR) is 79.4 cm³/mol. The Balaban J connectivity index is 2.04. The minimum Gasteiger partial charge on any atom is -0.375 e. The van der Waals surface area contributed by atoms with E-state index in [9.17, 15) is 0 Å². The van der Waals surface area contributed by atoms with Gasteiger partial charge in [0.2, 0.25) is 0 Å². The maximum atomic E-state index is 5.68. The normalized spacial score (nSPS) is 11.2. The van der Waals surface area contributed by atoms with Gasteiger partial charge in [0.15, 0.2) is 5.13 Å². The number of nitrogens with two attached hydrogens (primary N) is 1. The van der Waals surface area contributed by atoms with Gasteiger partial charge in [-0.1, -0.05) is 19.1 Å². The highest BCUT2D eigenvalue weighted by atomic mass is 32.1. The van der Waals surface area contributed by atoms with E-state index in [2.05, 4.69) is 34.7 Å². The first-order valence-electron chi connectivity index (χ1n) is 6.42. The third-order valence-electron chi connectivity index (χ3n) is 3.08. The van der Waals surface area contributed by atoms with E-state index in [1.807, 2.05) is 12.3 Å². The van der Waals surface area contributed by atoms with Crippen molar-refractivity contribution < 1.29 is 0 Å². The van der Waals surface area contributed by atoms with Crippen LogP contribution in [0.4, 0.5) is 5.13 Å². The summed E-state index contributed by atoms with van der Waals surface area (Å²) in [7, 11) is 0. The van der Waals surface area contributed by atoms with Crippen LogP contribution in [0.25, 0.3) is 11.0 Å². The van der Waals surface area contributed by atoms with Crippen LogP contribution in [0.15, 0.2) is 30.5 Å². The van der Waals surface area contributed by atoms with Gasteiger partial charge in [-0.3, -0.25) is 0 Å². The molecule has 0 amide bonds. The molecule has 0 aliphatic heterocycles. The van der Waals surface area contributed by atoms with Gasteiger partial charge in [0.05, 0.1) is 11.0 Å². The molecule has 0 aliphatic carbocycles. The Morgan fingerprint density at radius 1 is 1.32 bits per heavy atom. The van der Waals surface area contributed by atoms with Crippen molar-refractivity contribution in [2.24, 2.45) is 0 Å². The highest BCUT2D eigenvalue weighted by molar-refractivity contribution is 7.15. The molecule has 0 spiro atoms. The fourth-order valence-corrected chi connectivity index (χ4v) is 2.97. The van der Waals surface area contributed by atoms with Crippen molar-refractivity contribution in [1.29, 1.82) is 0 Å². The Morgan fingerprint density at radius 2 is 2.16 bits per heavy atom. The number of nitrogen functional groups attached to an aromatic ring is 1.